The molecule has 0 aromatic heterocycles. The van der Waals surface area contributed by atoms with E-state index in [0.29, 0.717) is 19.5 Å². The molecule has 100 valence electrons. The van der Waals surface area contributed by atoms with Gasteiger partial charge >= 0.3 is 5.97 Å². The highest BCUT2D eigenvalue weighted by atomic mass is 16.5. The molecule has 3 rings (SSSR count). The van der Waals surface area contributed by atoms with Crippen LogP contribution in [0.1, 0.15) is 32.1 Å². The van der Waals surface area contributed by atoms with Crippen molar-refractivity contribution >= 4 is 11.9 Å². The van der Waals surface area contributed by atoms with Gasteiger partial charge in [0.2, 0.25) is 5.91 Å². The molecule has 5 nitrogen and oxygen atoms in total. The Balaban J connectivity index is 1.69. The van der Waals surface area contributed by atoms with Gasteiger partial charge in [0, 0.05) is 13.1 Å². The molecule has 1 amide bonds. The van der Waals surface area contributed by atoms with Crippen molar-refractivity contribution in [3.63, 3.8) is 0 Å². The Bertz CT molecular complexity index is 358. The number of morpholine rings is 1. The van der Waals surface area contributed by atoms with E-state index in [1.54, 1.807) is 0 Å². The molecule has 3 aliphatic rings. The summed E-state index contributed by atoms with van der Waals surface area (Å²) >= 11 is 0. The van der Waals surface area contributed by atoms with Crippen molar-refractivity contribution in [1.82, 2.24) is 4.90 Å². The second-order valence-corrected chi connectivity index (χ2v) is 5.68. The highest BCUT2D eigenvalue weighted by molar-refractivity contribution is 5.85. The molecular formula is C13H19NO4. The highest BCUT2D eigenvalue weighted by Gasteiger charge is 2.43. The molecule has 0 aromatic carbocycles. The first-order valence-corrected chi connectivity index (χ1v) is 6.82. The van der Waals surface area contributed by atoms with E-state index in [9.17, 15) is 9.59 Å². The Labute approximate surface area is 106 Å². The molecule has 1 N–H and O–H groups in total. The van der Waals surface area contributed by atoms with Crippen LogP contribution >= 0.6 is 0 Å². The zero-order valence-corrected chi connectivity index (χ0v) is 10.4. The SMILES string of the molecule is O=C(O)[C@H]1CCC[C@H]1C(=O)N1CC2CCC(C1)O2. The minimum absolute atomic E-state index is 0.0418. The molecule has 2 bridgehead atoms. The van der Waals surface area contributed by atoms with Crippen LogP contribution in [0.15, 0.2) is 0 Å². The maximum Gasteiger partial charge on any atom is 0.307 e. The molecule has 1 aliphatic carbocycles. The summed E-state index contributed by atoms with van der Waals surface area (Å²) in [6.45, 7) is 1.30. The monoisotopic (exact) mass is 253 g/mol. The van der Waals surface area contributed by atoms with E-state index in [1.165, 1.54) is 0 Å². The van der Waals surface area contributed by atoms with E-state index in [-0.39, 0.29) is 24.0 Å². The average Bonchev–Trinajstić information content (AvgIpc) is 2.95. The Kier molecular flexibility index (Phi) is 3.01. The van der Waals surface area contributed by atoms with E-state index < -0.39 is 11.9 Å². The number of carboxylic acid groups (broad SMARTS) is 1. The number of hydrogen-bond acceptors (Lipinski definition) is 3. The topological polar surface area (TPSA) is 66.8 Å². The summed E-state index contributed by atoms with van der Waals surface area (Å²) in [7, 11) is 0. The summed E-state index contributed by atoms with van der Waals surface area (Å²) in [6.07, 6.45) is 4.63. The van der Waals surface area contributed by atoms with E-state index in [1.807, 2.05) is 4.90 Å². The van der Waals surface area contributed by atoms with E-state index in [4.69, 9.17) is 9.84 Å². The smallest absolute Gasteiger partial charge is 0.307 e. The number of hydrogen-bond donors (Lipinski definition) is 1. The second kappa shape index (κ2) is 4.53. The van der Waals surface area contributed by atoms with Crippen molar-refractivity contribution < 1.29 is 19.4 Å². The van der Waals surface area contributed by atoms with Crippen LogP contribution in [0.2, 0.25) is 0 Å². The minimum atomic E-state index is -0.818. The van der Waals surface area contributed by atoms with Crippen molar-refractivity contribution in [1.29, 1.82) is 0 Å². The summed E-state index contributed by atoms with van der Waals surface area (Å²) in [5.41, 5.74) is 0. The van der Waals surface area contributed by atoms with Crippen molar-refractivity contribution in [2.45, 2.75) is 44.3 Å². The molecular weight excluding hydrogens is 234 g/mol. The van der Waals surface area contributed by atoms with Crippen molar-refractivity contribution in [3.8, 4) is 0 Å². The third-order valence-electron chi connectivity index (χ3n) is 4.51. The number of likely N-dealkylation sites (tertiary alicyclic amines) is 1. The van der Waals surface area contributed by atoms with Crippen LogP contribution in [-0.2, 0) is 14.3 Å². The summed E-state index contributed by atoms with van der Waals surface area (Å²) in [6, 6.07) is 0. The normalized spacial score (nSPS) is 39.0. The van der Waals surface area contributed by atoms with Crippen LogP contribution in [0.5, 0.6) is 0 Å². The molecule has 0 radical (unpaired) electrons. The molecule has 2 saturated heterocycles. The number of aliphatic carboxylic acids is 1. The van der Waals surface area contributed by atoms with E-state index >= 15 is 0 Å². The number of carbonyl (C=O) groups excluding carboxylic acids is 1. The maximum atomic E-state index is 12.4. The predicted molar refractivity (Wildman–Crippen MR) is 62.9 cm³/mol. The molecule has 2 aliphatic heterocycles. The summed E-state index contributed by atoms with van der Waals surface area (Å²) in [5, 5.41) is 9.15. The van der Waals surface area contributed by atoms with Gasteiger partial charge < -0.3 is 14.7 Å². The Hall–Kier alpha value is -1.10. The first kappa shape index (κ1) is 12.0. The Morgan fingerprint density at radius 2 is 1.61 bits per heavy atom. The zero-order valence-electron chi connectivity index (χ0n) is 10.4. The van der Waals surface area contributed by atoms with Crippen molar-refractivity contribution in [2.24, 2.45) is 11.8 Å². The van der Waals surface area contributed by atoms with Crippen molar-refractivity contribution in [3.05, 3.63) is 0 Å². The Morgan fingerprint density at radius 1 is 1.00 bits per heavy atom. The molecule has 0 spiro atoms. The largest absolute Gasteiger partial charge is 0.481 e. The third kappa shape index (κ3) is 2.00. The molecule has 18 heavy (non-hydrogen) atoms. The van der Waals surface area contributed by atoms with Gasteiger partial charge in [0.15, 0.2) is 0 Å². The van der Waals surface area contributed by atoms with Crippen LogP contribution < -0.4 is 0 Å². The Morgan fingerprint density at radius 3 is 2.22 bits per heavy atom. The fraction of sp³-hybridized carbons (Fsp3) is 0.846. The van der Waals surface area contributed by atoms with Gasteiger partial charge in [-0.2, -0.15) is 0 Å². The molecule has 3 fully saturated rings. The van der Waals surface area contributed by atoms with Gasteiger partial charge in [0.25, 0.3) is 0 Å². The molecule has 2 heterocycles. The van der Waals surface area contributed by atoms with E-state index in [2.05, 4.69) is 0 Å². The molecule has 0 aromatic rings. The van der Waals surface area contributed by atoms with Crippen LogP contribution in [0.4, 0.5) is 0 Å². The number of amides is 1. The van der Waals surface area contributed by atoms with E-state index in [0.717, 1.165) is 25.7 Å². The van der Waals surface area contributed by atoms with Gasteiger partial charge in [-0.25, -0.2) is 0 Å². The summed E-state index contributed by atoms with van der Waals surface area (Å²) < 4.78 is 5.70. The lowest BCUT2D eigenvalue weighted by molar-refractivity contribution is -0.153. The van der Waals surface area contributed by atoms with Gasteiger partial charge in [-0.3, -0.25) is 9.59 Å². The van der Waals surface area contributed by atoms with Crippen LogP contribution in [0.3, 0.4) is 0 Å². The van der Waals surface area contributed by atoms with Gasteiger partial charge in [-0.05, 0) is 25.7 Å². The number of nitrogens with zero attached hydrogens (tertiary/aromatic N) is 1. The lowest BCUT2D eigenvalue weighted by atomic mass is 9.94. The highest BCUT2D eigenvalue weighted by Crippen LogP contribution is 2.35. The first-order valence-electron chi connectivity index (χ1n) is 6.82. The average molecular weight is 253 g/mol. The zero-order chi connectivity index (χ0) is 12.7. The van der Waals surface area contributed by atoms with Gasteiger partial charge in [0.1, 0.15) is 0 Å². The lowest BCUT2D eigenvalue weighted by Gasteiger charge is -2.34. The van der Waals surface area contributed by atoms with Crippen LogP contribution in [0.25, 0.3) is 0 Å². The molecule has 1 saturated carbocycles. The number of ether oxygens (including phenoxy) is 1. The fourth-order valence-corrected chi connectivity index (χ4v) is 3.58. The number of fused-ring (bicyclic) bond motifs is 2. The predicted octanol–water partition coefficient (Wildman–Crippen LogP) is 0.877. The number of carbonyl (C=O) groups is 2. The van der Waals surface area contributed by atoms with Crippen LogP contribution in [0, 0.1) is 11.8 Å². The maximum absolute atomic E-state index is 12.4. The number of rotatable bonds is 2. The quantitative estimate of drug-likeness (QED) is 0.793. The number of carboxylic acids is 1. The van der Waals surface area contributed by atoms with Gasteiger partial charge in [0.05, 0.1) is 24.0 Å². The molecule has 5 heteroatoms. The second-order valence-electron chi connectivity index (χ2n) is 5.68. The fourth-order valence-electron chi connectivity index (χ4n) is 3.58. The minimum Gasteiger partial charge on any atom is -0.481 e. The van der Waals surface area contributed by atoms with Crippen molar-refractivity contribution in [2.75, 3.05) is 13.1 Å². The first-order chi connectivity index (χ1) is 8.65. The third-order valence-corrected chi connectivity index (χ3v) is 4.51. The van der Waals surface area contributed by atoms with Gasteiger partial charge in [-0.1, -0.05) is 6.42 Å². The lowest BCUT2D eigenvalue weighted by Crippen LogP contribution is -2.49. The van der Waals surface area contributed by atoms with Gasteiger partial charge in [-0.15, -0.1) is 0 Å². The molecule has 4 atom stereocenters. The summed E-state index contributed by atoms with van der Waals surface area (Å²) in [4.78, 5) is 25.4. The van der Waals surface area contributed by atoms with Crippen LogP contribution in [-0.4, -0.2) is 47.2 Å². The standard InChI is InChI=1S/C13H19NO4/c15-12(10-2-1-3-11(10)13(16)17)14-6-8-4-5-9(7-14)18-8/h8-11H,1-7H2,(H,16,17)/t8?,9?,10-,11+/m1/s1. The summed E-state index contributed by atoms with van der Waals surface area (Å²) in [5.74, 6) is -1.56. The molecule has 2 unspecified atom stereocenters.